The topological polar surface area (TPSA) is 12.0 Å². The zero-order valence-corrected chi connectivity index (χ0v) is 11.1. The van der Waals surface area contributed by atoms with Gasteiger partial charge in [-0.2, -0.15) is 11.8 Å². The van der Waals surface area contributed by atoms with Crippen molar-refractivity contribution < 1.29 is 8.78 Å². The van der Waals surface area contributed by atoms with E-state index < -0.39 is 0 Å². The van der Waals surface area contributed by atoms with Gasteiger partial charge in [0, 0.05) is 17.4 Å². The molecule has 0 saturated carbocycles. The van der Waals surface area contributed by atoms with Crippen LogP contribution in [-0.4, -0.2) is 18.1 Å². The van der Waals surface area contributed by atoms with E-state index in [-0.39, 0.29) is 17.7 Å². The summed E-state index contributed by atoms with van der Waals surface area (Å²) in [6.45, 7) is 4.92. The van der Waals surface area contributed by atoms with Gasteiger partial charge in [-0.1, -0.05) is 13.8 Å². The van der Waals surface area contributed by atoms with Crippen LogP contribution in [0.1, 0.15) is 31.9 Å². The van der Waals surface area contributed by atoms with Gasteiger partial charge in [0.2, 0.25) is 0 Å². The van der Waals surface area contributed by atoms with Crippen LogP contribution in [0.5, 0.6) is 0 Å². The van der Waals surface area contributed by atoms with Gasteiger partial charge in [-0.15, -0.1) is 0 Å². The smallest absolute Gasteiger partial charge is 0.128 e. The SMILES string of the molecule is CCCNC(CSCC)c1cc(F)ccc1F. The Labute approximate surface area is 106 Å². The highest BCUT2D eigenvalue weighted by Gasteiger charge is 2.15. The van der Waals surface area contributed by atoms with Gasteiger partial charge >= 0.3 is 0 Å². The molecular formula is C13H19F2NS. The molecule has 0 bridgehead atoms. The van der Waals surface area contributed by atoms with Crippen molar-refractivity contribution >= 4 is 11.8 Å². The fraction of sp³-hybridized carbons (Fsp3) is 0.538. The van der Waals surface area contributed by atoms with E-state index in [1.165, 1.54) is 12.1 Å². The summed E-state index contributed by atoms with van der Waals surface area (Å²) in [5, 5.41) is 3.26. The highest BCUT2D eigenvalue weighted by molar-refractivity contribution is 7.99. The molecule has 1 rings (SSSR count). The summed E-state index contributed by atoms with van der Waals surface area (Å²) in [6.07, 6.45) is 0.976. The molecule has 0 fully saturated rings. The summed E-state index contributed by atoms with van der Waals surface area (Å²) in [7, 11) is 0. The summed E-state index contributed by atoms with van der Waals surface area (Å²) in [6, 6.07) is 3.53. The Bertz CT molecular complexity index is 336. The van der Waals surface area contributed by atoms with E-state index in [1.807, 2.05) is 0 Å². The fourth-order valence-electron chi connectivity index (χ4n) is 1.59. The molecule has 4 heteroatoms. The molecule has 0 aliphatic carbocycles. The van der Waals surface area contributed by atoms with Crippen LogP contribution in [0, 0.1) is 11.6 Å². The van der Waals surface area contributed by atoms with Crippen LogP contribution in [-0.2, 0) is 0 Å². The first-order valence-corrected chi connectivity index (χ1v) is 7.10. The number of thioether (sulfide) groups is 1. The van der Waals surface area contributed by atoms with Crippen molar-refractivity contribution in [2.45, 2.75) is 26.3 Å². The first-order valence-electron chi connectivity index (χ1n) is 5.95. The van der Waals surface area contributed by atoms with Gasteiger partial charge in [-0.05, 0) is 36.9 Å². The second kappa shape index (κ2) is 7.67. The largest absolute Gasteiger partial charge is 0.309 e. The Morgan fingerprint density at radius 2 is 2.06 bits per heavy atom. The van der Waals surface area contributed by atoms with Crippen LogP contribution in [0.4, 0.5) is 8.78 Å². The third-order valence-corrected chi connectivity index (χ3v) is 3.44. The van der Waals surface area contributed by atoms with E-state index in [2.05, 4.69) is 19.2 Å². The van der Waals surface area contributed by atoms with Crippen LogP contribution in [0.15, 0.2) is 18.2 Å². The predicted molar refractivity (Wildman–Crippen MR) is 70.4 cm³/mol. The maximum atomic E-state index is 13.7. The molecule has 1 atom stereocenters. The minimum Gasteiger partial charge on any atom is -0.309 e. The first kappa shape index (κ1) is 14.5. The zero-order valence-electron chi connectivity index (χ0n) is 10.3. The molecule has 0 aliphatic heterocycles. The van der Waals surface area contributed by atoms with Crippen molar-refractivity contribution in [3.8, 4) is 0 Å². The van der Waals surface area contributed by atoms with E-state index in [0.29, 0.717) is 5.56 Å². The van der Waals surface area contributed by atoms with Gasteiger partial charge in [0.05, 0.1) is 0 Å². The quantitative estimate of drug-likeness (QED) is 0.800. The Kier molecular flexibility index (Phi) is 6.52. The van der Waals surface area contributed by atoms with Gasteiger partial charge < -0.3 is 5.32 Å². The lowest BCUT2D eigenvalue weighted by atomic mass is 10.1. The van der Waals surface area contributed by atoms with Gasteiger partial charge in [0.25, 0.3) is 0 Å². The molecule has 1 unspecified atom stereocenters. The number of halogens is 2. The molecule has 0 radical (unpaired) electrons. The Morgan fingerprint density at radius 3 is 2.71 bits per heavy atom. The Hall–Kier alpha value is -0.610. The van der Waals surface area contributed by atoms with Gasteiger partial charge in [-0.25, -0.2) is 8.78 Å². The van der Waals surface area contributed by atoms with Gasteiger partial charge in [0.1, 0.15) is 11.6 Å². The lowest BCUT2D eigenvalue weighted by molar-refractivity contribution is 0.522. The minimum absolute atomic E-state index is 0.115. The van der Waals surface area contributed by atoms with E-state index in [1.54, 1.807) is 11.8 Å². The third kappa shape index (κ3) is 4.64. The fourth-order valence-corrected chi connectivity index (χ4v) is 2.36. The Balaban J connectivity index is 2.82. The molecule has 17 heavy (non-hydrogen) atoms. The maximum Gasteiger partial charge on any atom is 0.128 e. The number of rotatable bonds is 7. The van der Waals surface area contributed by atoms with Crippen LogP contribution in [0.3, 0.4) is 0 Å². The summed E-state index contributed by atoms with van der Waals surface area (Å²) in [4.78, 5) is 0. The molecule has 1 aromatic carbocycles. The van der Waals surface area contributed by atoms with Crippen LogP contribution in [0.2, 0.25) is 0 Å². The number of benzene rings is 1. The highest BCUT2D eigenvalue weighted by Crippen LogP contribution is 2.22. The summed E-state index contributed by atoms with van der Waals surface area (Å²) >= 11 is 1.72. The van der Waals surface area contributed by atoms with E-state index in [0.717, 1.165) is 30.5 Å². The predicted octanol–water partition coefficient (Wildman–Crippen LogP) is 3.76. The highest BCUT2D eigenvalue weighted by atomic mass is 32.2. The van der Waals surface area contributed by atoms with Gasteiger partial charge in [0.15, 0.2) is 0 Å². The first-order chi connectivity index (χ1) is 8.19. The number of hydrogen-bond donors (Lipinski definition) is 1. The van der Waals surface area contributed by atoms with E-state index in [4.69, 9.17) is 0 Å². The van der Waals surface area contributed by atoms with E-state index in [9.17, 15) is 8.78 Å². The standard InChI is InChI=1S/C13H19F2NS/c1-3-7-16-13(9-17-4-2)11-8-10(14)5-6-12(11)15/h5-6,8,13,16H,3-4,7,9H2,1-2H3. The second-order valence-corrected chi connectivity index (χ2v) is 5.15. The van der Waals surface area contributed by atoms with Crippen molar-refractivity contribution in [3.05, 3.63) is 35.4 Å². The molecule has 0 aliphatic rings. The molecule has 1 N–H and O–H groups in total. The van der Waals surface area contributed by atoms with Crippen LogP contribution >= 0.6 is 11.8 Å². The molecule has 1 nitrogen and oxygen atoms in total. The van der Waals surface area contributed by atoms with Crippen molar-refractivity contribution in [1.29, 1.82) is 0 Å². The maximum absolute atomic E-state index is 13.7. The zero-order chi connectivity index (χ0) is 12.7. The third-order valence-electron chi connectivity index (χ3n) is 2.46. The van der Waals surface area contributed by atoms with Crippen LogP contribution in [0.25, 0.3) is 0 Å². The molecule has 0 spiro atoms. The molecule has 0 saturated heterocycles. The number of nitrogens with one attached hydrogen (secondary N) is 1. The number of hydrogen-bond acceptors (Lipinski definition) is 2. The summed E-state index contributed by atoms with van der Waals surface area (Å²) in [5.41, 5.74) is 0.430. The Morgan fingerprint density at radius 1 is 1.29 bits per heavy atom. The molecule has 0 aromatic heterocycles. The average Bonchev–Trinajstić information content (AvgIpc) is 2.33. The summed E-state index contributed by atoms with van der Waals surface area (Å²) in [5.74, 6) is 1.01. The minimum atomic E-state index is -0.383. The second-order valence-electron chi connectivity index (χ2n) is 3.83. The lowest BCUT2D eigenvalue weighted by Gasteiger charge is -2.19. The monoisotopic (exact) mass is 259 g/mol. The molecule has 0 heterocycles. The molecule has 0 amide bonds. The average molecular weight is 259 g/mol. The van der Waals surface area contributed by atoms with Crippen molar-refractivity contribution in [3.63, 3.8) is 0 Å². The lowest BCUT2D eigenvalue weighted by Crippen LogP contribution is -2.25. The van der Waals surface area contributed by atoms with Crippen molar-refractivity contribution in [1.82, 2.24) is 5.32 Å². The summed E-state index contributed by atoms with van der Waals surface area (Å²) < 4.78 is 26.8. The molecule has 96 valence electrons. The molecular weight excluding hydrogens is 240 g/mol. The molecule has 1 aromatic rings. The van der Waals surface area contributed by atoms with Crippen molar-refractivity contribution in [2.24, 2.45) is 0 Å². The van der Waals surface area contributed by atoms with Crippen LogP contribution < -0.4 is 5.32 Å². The van der Waals surface area contributed by atoms with Gasteiger partial charge in [-0.3, -0.25) is 0 Å². The van der Waals surface area contributed by atoms with E-state index >= 15 is 0 Å². The van der Waals surface area contributed by atoms with Crippen molar-refractivity contribution in [2.75, 3.05) is 18.1 Å². The normalized spacial score (nSPS) is 12.7.